The van der Waals surface area contributed by atoms with Crippen LogP contribution < -0.4 is 10.8 Å². The molecule has 0 saturated carbocycles. The average molecular weight is 304 g/mol. The van der Waals surface area contributed by atoms with E-state index >= 15 is 0 Å². The third kappa shape index (κ3) is 4.78. The number of aryl methyl sites for hydroxylation is 1. The Hall–Kier alpha value is -2.54. The summed E-state index contributed by atoms with van der Waals surface area (Å²) >= 11 is 0. The van der Waals surface area contributed by atoms with Crippen molar-refractivity contribution in [2.45, 2.75) is 19.3 Å². The number of unbranched alkanes of at least 4 members (excludes halogenated alkanes) is 1. The van der Waals surface area contributed by atoms with E-state index in [4.69, 9.17) is 5.21 Å². The molecule has 22 heavy (non-hydrogen) atoms. The van der Waals surface area contributed by atoms with E-state index in [-0.39, 0.29) is 11.4 Å². The van der Waals surface area contributed by atoms with Gasteiger partial charge in [0.25, 0.3) is 5.91 Å². The minimum absolute atomic E-state index is 0.185. The number of carbonyl (C=O) groups is 1. The van der Waals surface area contributed by atoms with Gasteiger partial charge in [-0.05, 0) is 37.0 Å². The van der Waals surface area contributed by atoms with Crippen molar-refractivity contribution in [2.75, 3.05) is 11.9 Å². The first-order chi connectivity index (χ1) is 10.7. The monoisotopic (exact) mass is 304 g/mol. The number of hydroxylamine groups is 1. The molecule has 0 aliphatic rings. The lowest BCUT2D eigenvalue weighted by atomic mass is 10.1. The van der Waals surface area contributed by atoms with Gasteiger partial charge in [0.15, 0.2) is 0 Å². The summed E-state index contributed by atoms with van der Waals surface area (Å²) in [6, 6.07) is 6.50. The Morgan fingerprint density at radius 2 is 1.82 bits per heavy atom. The van der Waals surface area contributed by atoms with Gasteiger partial charge in [0.1, 0.15) is 5.82 Å². The number of rotatable bonds is 7. The fourth-order valence-corrected chi connectivity index (χ4v) is 1.91. The van der Waals surface area contributed by atoms with E-state index in [0.717, 1.165) is 24.8 Å². The van der Waals surface area contributed by atoms with E-state index in [1.165, 1.54) is 30.0 Å². The highest BCUT2D eigenvalue weighted by Crippen LogP contribution is 2.07. The molecule has 0 saturated heterocycles. The van der Waals surface area contributed by atoms with Crippen molar-refractivity contribution in [3.05, 3.63) is 53.6 Å². The summed E-state index contributed by atoms with van der Waals surface area (Å²) in [5.41, 5.74) is 2.81. The van der Waals surface area contributed by atoms with Crippen LogP contribution in [0, 0.1) is 5.82 Å². The lowest BCUT2D eigenvalue weighted by Gasteiger charge is -2.05. The Labute approximate surface area is 127 Å². The molecule has 0 aliphatic carbocycles. The average Bonchev–Trinajstić information content (AvgIpc) is 2.56. The summed E-state index contributed by atoms with van der Waals surface area (Å²) in [6.45, 7) is 0.701. The minimum Gasteiger partial charge on any atom is -0.354 e. The van der Waals surface area contributed by atoms with Crippen molar-refractivity contribution in [3.63, 3.8) is 0 Å². The highest BCUT2D eigenvalue weighted by molar-refractivity contribution is 5.92. The number of nitrogens with one attached hydrogen (secondary N) is 2. The molecule has 0 fully saturated rings. The lowest BCUT2D eigenvalue weighted by Crippen LogP contribution is -2.19. The van der Waals surface area contributed by atoms with Crippen LogP contribution in [0.5, 0.6) is 0 Å². The molecule has 2 rings (SSSR count). The summed E-state index contributed by atoms with van der Waals surface area (Å²) in [5.74, 6) is -0.442. The Bertz CT molecular complexity index is 602. The van der Waals surface area contributed by atoms with Gasteiger partial charge in [-0.15, -0.1) is 0 Å². The van der Waals surface area contributed by atoms with Crippen LogP contribution in [-0.2, 0) is 6.42 Å². The van der Waals surface area contributed by atoms with Crippen LogP contribution in [0.25, 0.3) is 0 Å². The van der Waals surface area contributed by atoms with Gasteiger partial charge in [0.2, 0.25) is 5.95 Å². The van der Waals surface area contributed by atoms with Crippen molar-refractivity contribution in [1.29, 1.82) is 0 Å². The standard InChI is InChI=1S/C15H17FN4O2/c16-13-6-4-11(5-7-13)3-1-2-8-17-15-18-9-12(10-19-15)14(21)20-22/h4-7,9-10,22H,1-3,8H2,(H,20,21)(H,17,18,19). The second-order valence-electron chi connectivity index (χ2n) is 4.75. The summed E-state index contributed by atoms with van der Waals surface area (Å²) in [5, 5.41) is 11.5. The molecular weight excluding hydrogens is 287 g/mol. The fraction of sp³-hybridized carbons (Fsp3) is 0.267. The Kier molecular flexibility index (Phi) is 5.79. The number of carbonyl (C=O) groups excluding carboxylic acids is 1. The largest absolute Gasteiger partial charge is 0.354 e. The van der Waals surface area contributed by atoms with E-state index in [2.05, 4.69) is 15.3 Å². The van der Waals surface area contributed by atoms with Gasteiger partial charge in [-0.25, -0.2) is 19.8 Å². The molecule has 3 N–H and O–H groups in total. The van der Waals surface area contributed by atoms with Crippen LogP contribution in [0.3, 0.4) is 0 Å². The van der Waals surface area contributed by atoms with Crippen LogP contribution in [0.1, 0.15) is 28.8 Å². The number of hydrogen-bond acceptors (Lipinski definition) is 5. The van der Waals surface area contributed by atoms with Crippen LogP contribution in [0.4, 0.5) is 10.3 Å². The molecule has 7 heteroatoms. The van der Waals surface area contributed by atoms with Gasteiger partial charge in [0, 0.05) is 18.9 Å². The molecule has 0 radical (unpaired) electrons. The van der Waals surface area contributed by atoms with Gasteiger partial charge >= 0.3 is 0 Å². The van der Waals surface area contributed by atoms with E-state index in [0.29, 0.717) is 12.5 Å². The van der Waals surface area contributed by atoms with E-state index in [9.17, 15) is 9.18 Å². The number of aromatic nitrogens is 2. The fourth-order valence-electron chi connectivity index (χ4n) is 1.91. The molecule has 1 heterocycles. The molecule has 0 spiro atoms. The SMILES string of the molecule is O=C(NO)c1cnc(NCCCCc2ccc(F)cc2)nc1. The summed E-state index contributed by atoms with van der Waals surface area (Å²) in [4.78, 5) is 19.0. The van der Waals surface area contributed by atoms with Gasteiger partial charge in [-0.1, -0.05) is 12.1 Å². The number of anilines is 1. The van der Waals surface area contributed by atoms with Crippen molar-refractivity contribution < 1.29 is 14.4 Å². The van der Waals surface area contributed by atoms with E-state index in [1.54, 1.807) is 12.1 Å². The van der Waals surface area contributed by atoms with Crippen LogP contribution in [0.15, 0.2) is 36.7 Å². The molecule has 1 aromatic carbocycles. The zero-order chi connectivity index (χ0) is 15.8. The predicted molar refractivity (Wildman–Crippen MR) is 79.1 cm³/mol. The zero-order valence-corrected chi connectivity index (χ0v) is 11.9. The highest BCUT2D eigenvalue weighted by atomic mass is 19.1. The van der Waals surface area contributed by atoms with Crippen molar-refractivity contribution in [2.24, 2.45) is 0 Å². The third-order valence-corrected chi connectivity index (χ3v) is 3.10. The molecule has 2 aromatic rings. The van der Waals surface area contributed by atoms with Gasteiger partial charge in [-0.2, -0.15) is 0 Å². The smallest absolute Gasteiger partial charge is 0.277 e. The maximum absolute atomic E-state index is 12.8. The molecule has 116 valence electrons. The topological polar surface area (TPSA) is 87.1 Å². The third-order valence-electron chi connectivity index (χ3n) is 3.10. The van der Waals surface area contributed by atoms with Crippen molar-refractivity contribution in [3.8, 4) is 0 Å². The van der Waals surface area contributed by atoms with Crippen LogP contribution in [-0.4, -0.2) is 27.6 Å². The number of nitrogens with zero attached hydrogens (tertiary/aromatic N) is 2. The highest BCUT2D eigenvalue weighted by Gasteiger charge is 2.05. The van der Waals surface area contributed by atoms with Crippen LogP contribution in [0.2, 0.25) is 0 Å². The lowest BCUT2D eigenvalue weighted by molar-refractivity contribution is 0.0705. The van der Waals surface area contributed by atoms with E-state index in [1.807, 2.05) is 0 Å². The molecule has 1 aromatic heterocycles. The zero-order valence-electron chi connectivity index (χ0n) is 11.9. The first-order valence-electron chi connectivity index (χ1n) is 6.94. The first kappa shape index (κ1) is 15.8. The van der Waals surface area contributed by atoms with Gasteiger partial charge < -0.3 is 5.32 Å². The maximum Gasteiger partial charge on any atom is 0.277 e. The number of amides is 1. The van der Waals surface area contributed by atoms with Crippen LogP contribution >= 0.6 is 0 Å². The molecule has 0 aliphatic heterocycles. The summed E-state index contributed by atoms with van der Waals surface area (Å²) in [7, 11) is 0. The van der Waals surface area contributed by atoms with Crippen molar-refractivity contribution in [1.82, 2.24) is 15.4 Å². The molecule has 6 nitrogen and oxygen atoms in total. The quantitative estimate of drug-likeness (QED) is 0.414. The second-order valence-corrected chi connectivity index (χ2v) is 4.75. The maximum atomic E-state index is 12.8. The Morgan fingerprint density at radius 1 is 1.14 bits per heavy atom. The normalized spacial score (nSPS) is 10.3. The molecule has 0 bridgehead atoms. The Morgan fingerprint density at radius 3 is 2.45 bits per heavy atom. The molecular formula is C15H17FN4O2. The Balaban J connectivity index is 1.68. The van der Waals surface area contributed by atoms with E-state index < -0.39 is 5.91 Å². The second kappa shape index (κ2) is 8.04. The van der Waals surface area contributed by atoms with Gasteiger partial charge in [0.05, 0.1) is 5.56 Å². The molecule has 0 atom stereocenters. The summed E-state index contributed by atoms with van der Waals surface area (Å²) in [6.07, 6.45) is 5.43. The molecule has 0 unspecified atom stereocenters. The number of benzene rings is 1. The minimum atomic E-state index is -0.647. The number of hydrogen-bond donors (Lipinski definition) is 3. The summed E-state index contributed by atoms with van der Waals surface area (Å²) < 4.78 is 12.8. The first-order valence-corrected chi connectivity index (χ1v) is 6.94. The predicted octanol–water partition coefficient (Wildman–Crippen LogP) is 2.17. The van der Waals surface area contributed by atoms with Gasteiger partial charge in [-0.3, -0.25) is 10.0 Å². The number of halogens is 1. The van der Waals surface area contributed by atoms with Crippen molar-refractivity contribution >= 4 is 11.9 Å². The molecule has 1 amide bonds.